The molecular formula is C16H25NO4. The van der Waals surface area contributed by atoms with Crippen molar-refractivity contribution >= 4 is 0 Å². The van der Waals surface area contributed by atoms with E-state index in [4.69, 9.17) is 14.2 Å². The molecule has 2 atom stereocenters. The summed E-state index contributed by atoms with van der Waals surface area (Å²) < 4.78 is 16.0. The third-order valence-corrected chi connectivity index (χ3v) is 3.82. The number of methoxy groups -OCH3 is 2. The van der Waals surface area contributed by atoms with Gasteiger partial charge in [-0.25, -0.2) is 0 Å². The summed E-state index contributed by atoms with van der Waals surface area (Å²) >= 11 is 0. The fourth-order valence-corrected chi connectivity index (χ4v) is 2.60. The highest BCUT2D eigenvalue weighted by Gasteiger charge is 2.17. The topological polar surface area (TPSA) is 60.0 Å². The van der Waals surface area contributed by atoms with Crippen molar-refractivity contribution in [1.29, 1.82) is 0 Å². The summed E-state index contributed by atoms with van der Waals surface area (Å²) in [6.07, 6.45) is 1.68. The van der Waals surface area contributed by atoms with Crippen LogP contribution in [-0.2, 0) is 4.74 Å². The van der Waals surface area contributed by atoms with E-state index in [2.05, 4.69) is 5.32 Å². The van der Waals surface area contributed by atoms with E-state index in [0.717, 1.165) is 31.7 Å². The highest BCUT2D eigenvalue weighted by molar-refractivity contribution is 5.41. The zero-order valence-electron chi connectivity index (χ0n) is 12.8. The predicted molar refractivity (Wildman–Crippen MR) is 80.9 cm³/mol. The maximum atomic E-state index is 10.4. The van der Waals surface area contributed by atoms with Gasteiger partial charge in [-0.15, -0.1) is 0 Å². The Morgan fingerprint density at radius 2 is 2.24 bits per heavy atom. The molecule has 0 spiro atoms. The van der Waals surface area contributed by atoms with Crippen LogP contribution in [0.5, 0.6) is 11.5 Å². The first kappa shape index (κ1) is 16.1. The molecule has 0 amide bonds. The van der Waals surface area contributed by atoms with Crippen molar-refractivity contribution in [3.05, 3.63) is 23.8 Å². The first-order chi connectivity index (χ1) is 10.2. The molecule has 1 heterocycles. The summed E-state index contributed by atoms with van der Waals surface area (Å²) in [5, 5.41) is 13.7. The fraction of sp³-hybridized carbons (Fsp3) is 0.625. The van der Waals surface area contributed by atoms with E-state index in [0.29, 0.717) is 24.0 Å². The van der Waals surface area contributed by atoms with Gasteiger partial charge in [-0.1, -0.05) is 0 Å². The normalized spacial score (nSPS) is 20.0. The monoisotopic (exact) mass is 295 g/mol. The minimum atomic E-state index is -0.625. The fourth-order valence-electron chi connectivity index (χ4n) is 2.60. The molecule has 0 aliphatic carbocycles. The van der Waals surface area contributed by atoms with Crippen LogP contribution in [0.15, 0.2) is 18.2 Å². The van der Waals surface area contributed by atoms with E-state index >= 15 is 0 Å². The van der Waals surface area contributed by atoms with Gasteiger partial charge in [0.25, 0.3) is 0 Å². The molecule has 1 fully saturated rings. The Kier molecular flexibility index (Phi) is 6.29. The lowest BCUT2D eigenvalue weighted by molar-refractivity contribution is 0.0532. The van der Waals surface area contributed by atoms with Crippen LogP contribution in [0.4, 0.5) is 0 Å². The standard InChI is InChI=1S/C16H25NO4/c1-19-13-5-6-16(20-2)14(8-13)15(18)10-17-9-12-4-3-7-21-11-12/h5-6,8,12,15,17-18H,3-4,7,9-11H2,1-2H3. The molecule has 2 N–H and O–H groups in total. The number of hydrogen-bond donors (Lipinski definition) is 2. The van der Waals surface area contributed by atoms with Gasteiger partial charge in [0.1, 0.15) is 11.5 Å². The molecule has 0 bridgehead atoms. The first-order valence-corrected chi connectivity index (χ1v) is 7.43. The van der Waals surface area contributed by atoms with Crippen molar-refractivity contribution in [3.63, 3.8) is 0 Å². The van der Waals surface area contributed by atoms with Crippen molar-refractivity contribution in [2.45, 2.75) is 18.9 Å². The van der Waals surface area contributed by atoms with Crippen LogP contribution in [0.2, 0.25) is 0 Å². The average Bonchev–Trinajstić information content (AvgIpc) is 2.55. The van der Waals surface area contributed by atoms with E-state index in [1.165, 1.54) is 6.42 Å². The van der Waals surface area contributed by atoms with Crippen LogP contribution in [-0.4, -0.2) is 45.6 Å². The van der Waals surface area contributed by atoms with Crippen LogP contribution in [0.1, 0.15) is 24.5 Å². The maximum absolute atomic E-state index is 10.4. The number of hydrogen-bond acceptors (Lipinski definition) is 5. The number of benzene rings is 1. The molecule has 1 aromatic rings. The summed E-state index contributed by atoms with van der Waals surface area (Å²) in [6, 6.07) is 5.45. The minimum absolute atomic E-state index is 0.486. The second kappa shape index (κ2) is 8.22. The average molecular weight is 295 g/mol. The van der Waals surface area contributed by atoms with Gasteiger partial charge in [0.15, 0.2) is 0 Å². The van der Waals surface area contributed by atoms with Gasteiger partial charge in [-0.3, -0.25) is 0 Å². The van der Waals surface area contributed by atoms with Gasteiger partial charge in [0, 0.05) is 25.3 Å². The van der Waals surface area contributed by atoms with Crippen molar-refractivity contribution in [1.82, 2.24) is 5.32 Å². The third kappa shape index (κ3) is 4.59. The number of rotatable bonds is 7. The largest absolute Gasteiger partial charge is 0.497 e. The predicted octanol–water partition coefficient (Wildman–Crippen LogP) is 1.75. The summed E-state index contributed by atoms with van der Waals surface area (Å²) in [4.78, 5) is 0. The van der Waals surface area contributed by atoms with Crippen molar-refractivity contribution in [2.75, 3.05) is 40.5 Å². The molecule has 0 saturated carbocycles. The lowest BCUT2D eigenvalue weighted by atomic mass is 10.0. The summed E-state index contributed by atoms with van der Waals surface area (Å²) in [5.41, 5.74) is 0.740. The smallest absolute Gasteiger partial charge is 0.124 e. The molecular weight excluding hydrogens is 270 g/mol. The Bertz CT molecular complexity index is 432. The second-order valence-corrected chi connectivity index (χ2v) is 5.37. The summed E-state index contributed by atoms with van der Waals surface area (Å²) in [5.74, 6) is 1.93. The zero-order chi connectivity index (χ0) is 15.1. The molecule has 5 nitrogen and oxygen atoms in total. The number of aliphatic hydroxyl groups excluding tert-OH is 1. The van der Waals surface area contributed by atoms with Crippen LogP contribution in [0, 0.1) is 5.92 Å². The summed E-state index contributed by atoms with van der Waals surface area (Å²) in [6.45, 7) is 3.04. The molecule has 0 aromatic heterocycles. The summed E-state index contributed by atoms with van der Waals surface area (Å²) in [7, 11) is 3.21. The Labute approximate surface area is 126 Å². The quantitative estimate of drug-likeness (QED) is 0.802. The Morgan fingerprint density at radius 1 is 1.38 bits per heavy atom. The molecule has 5 heteroatoms. The Balaban J connectivity index is 1.88. The molecule has 1 aromatic carbocycles. The van der Waals surface area contributed by atoms with E-state index in [-0.39, 0.29) is 0 Å². The van der Waals surface area contributed by atoms with Crippen LogP contribution in [0.3, 0.4) is 0 Å². The lowest BCUT2D eigenvalue weighted by Crippen LogP contribution is -2.31. The van der Waals surface area contributed by atoms with Gasteiger partial charge in [-0.2, -0.15) is 0 Å². The minimum Gasteiger partial charge on any atom is -0.497 e. The number of ether oxygens (including phenoxy) is 3. The Morgan fingerprint density at radius 3 is 2.90 bits per heavy atom. The highest BCUT2D eigenvalue weighted by Crippen LogP contribution is 2.29. The first-order valence-electron chi connectivity index (χ1n) is 7.43. The van der Waals surface area contributed by atoms with E-state index in [1.807, 2.05) is 18.2 Å². The molecule has 1 saturated heterocycles. The SMILES string of the molecule is COc1ccc(OC)c(C(O)CNCC2CCCOC2)c1. The highest BCUT2D eigenvalue weighted by atomic mass is 16.5. The number of aliphatic hydroxyl groups is 1. The maximum Gasteiger partial charge on any atom is 0.124 e. The molecule has 0 radical (unpaired) electrons. The van der Waals surface area contributed by atoms with Crippen molar-refractivity contribution < 1.29 is 19.3 Å². The molecule has 118 valence electrons. The Hall–Kier alpha value is -1.30. The van der Waals surface area contributed by atoms with Crippen LogP contribution < -0.4 is 14.8 Å². The van der Waals surface area contributed by atoms with Gasteiger partial charge in [-0.05, 0) is 37.0 Å². The molecule has 2 rings (SSSR count). The van der Waals surface area contributed by atoms with Crippen molar-refractivity contribution in [2.24, 2.45) is 5.92 Å². The van der Waals surface area contributed by atoms with Gasteiger partial charge < -0.3 is 24.6 Å². The van der Waals surface area contributed by atoms with Crippen LogP contribution in [0.25, 0.3) is 0 Å². The molecule has 21 heavy (non-hydrogen) atoms. The number of nitrogens with one attached hydrogen (secondary N) is 1. The van der Waals surface area contributed by atoms with Gasteiger partial charge in [0.05, 0.1) is 26.9 Å². The van der Waals surface area contributed by atoms with Crippen molar-refractivity contribution in [3.8, 4) is 11.5 Å². The van der Waals surface area contributed by atoms with E-state index < -0.39 is 6.10 Å². The molecule has 1 aliphatic heterocycles. The van der Waals surface area contributed by atoms with Gasteiger partial charge in [0.2, 0.25) is 0 Å². The second-order valence-electron chi connectivity index (χ2n) is 5.37. The lowest BCUT2D eigenvalue weighted by Gasteiger charge is -2.23. The zero-order valence-corrected chi connectivity index (χ0v) is 12.8. The third-order valence-electron chi connectivity index (χ3n) is 3.82. The van der Waals surface area contributed by atoms with Gasteiger partial charge >= 0.3 is 0 Å². The molecule has 2 unspecified atom stereocenters. The molecule has 1 aliphatic rings. The van der Waals surface area contributed by atoms with E-state index in [1.54, 1.807) is 14.2 Å². The van der Waals surface area contributed by atoms with Crippen LogP contribution >= 0.6 is 0 Å². The van der Waals surface area contributed by atoms with E-state index in [9.17, 15) is 5.11 Å².